The van der Waals surface area contributed by atoms with Crippen LogP contribution in [0.3, 0.4) is 0 Å². The van der Waals surface area contributed by atoms with Crippen molar-refractivity contribution in [2.45, 2.75) is 19.8 Å². The van der Waals surface area contributed by atoms with Crippen molar-refractivity contribution < 1.29 is 23.7 Å². The minimum absolute atomic E-state index is 0.354. The van der Waals surface area contributed by atoms with E-state index in [1.165, 1.54) is 7.11 Å². The lowest BCUT2D eigenvalue weighted by Crippen LogP contribution is -2.11. The predicted octanol–water partition coefficient (Wildman–Crippen LogP) is 2.69. The summed E-state index contributed by atoms with van der Waals surface area (Å²) < 4.78 is 20.9. The van der Waals surface area contributed by atoms with Gasteiger partial charge in [0.25, 0.3) is 0 Å². The summed E-state index contributed by atoms with van der Waals surface area (Å²) in [5.74, 6) is 0.346. The zero-order valence-electron chi connectivity index (χ0n) is 12.8. The maximum atomic E-state index is 11.3. The third-order valence-corrected chi connectivity index (χ3v) is 2.79. The largest absolute Gasteiger partial charge is 0.491 e. The molecule has 118 valence electrons. The van der Waals surface area contributed by atoms with Crippen LogP contribution >= 0.6 is 0 Å². The van der Waals surface area contributed by atoms with E-state index in [1.54, 1.807) is 24.3 Å². The van der Waals surface area contributed by atoms with E-state index in [0.717, 1.165) is 19.4 Å². The fourth-order valence-electron chi connectivity index (χ4n) is 1.59. The lowest BCUT2D eigenvalue weighted by atomic mass is 10.2. The van der Waals surface area contributed by atoms with Crippen LogP contribution in [0.15, 0.2) is 24.3 Å². The summed E-state index contributed by atoms with van der Waals surface area (Å²) in [7, 11) is 1.36. The van der Waals surface area contributed by atoms with Gasteiger partial charge in [0.2, 0.25) is 0 Å². The van der Waals surface area contributed by atoms with Crippen LogP contribution in [0.1, 0.15) is 30.1 Å². The van der Waals surface area contributed by atoms with Gasteiger partial charge in [0.05, 0.1) is 32.5 Å². The van der Waals surface area contributed by atoms with Gasteiger partial charge >= 0.3 is 5.97 Å². The van der Waals surface area contributed by atoms with Crippen LogP contribution in [0.5, 0.6) is 5.75 Å². The van der Waals surface area contributed by atoms with Gasteiger partial charge in [0, 0.05) is 6.61 Å². The molecule has 0 N–H and O–H groups in total. The molecule has 0 aliphatic rings. The summed E-state index contributed by atoms with van der Waals surface area (Å²) >= 11 is 0. The van der Waals surface area contributed by atoms with Crippen LogP contribution in [-0.2, 0) is 14.2 Å². The maximum Gasteiger partial charge on any atom is 0.337 e. The molecule has 0 bridgehead atoms. The summed E-state index contributed by atoms with van der Waals surface area (Å²) in [6.45, 7) is 5.10. The first-order chi connectivity index (χ1) is 10.3. The molecular weight excluding hydrogens is 272 g/mol. The van der Waals surface area contributed by atoms with Crippen molar-refractivity contribution in [3.63, 3.8) is 0 Å². The van der Waals surface area contributed by atoms with Gasteiger partial charge in [-0.3, -0.25) is 0 Å². The van der Waals surface area contributed by atoms with Crippen molar-refractivity contribution in [1.29, 1.82) is 0 Å². The number of methoxy groups -OCH3 is 1. The van der Waals surface area contributed by atoms with Gasteiger partial charge < -0.3 is 18.9 Å². The molecule has 0 radical (unpaired) electrons. The van der Waals surface area contributed by atoms with E-state index in [2.05, 4.69) is 11.7 Å². The maximum absolute atomic E-state index is 11.3. The summed E-state index contributed by atoms with van der Waals surface area (Å²) in [6, 6.07) is 6.81. The number of benzene rings is 1. The van der Waals surface area contributed by atoms with Crippen LogP contribution in [0, 0.1) is 0 Å². The number of rotatable bonds is 11. The summed E-state index contributed by atoms with van der Waals surface area (Å²) in [5, 5.41) is 0. The molecule has 5 nitrogen and oxygen atoms in total. The number of carbonyl (C=O) groups excluding carboxylic acids is 1. The third kappa shape index (κ3) is 7.68. The molecule has 5 heteroatoms. The second-order valence-electron chi connectivity index (χ2n) is 4.44. The van der Waals surface area contributed by atoms with Crippen molar-refractivity contribution in [2.24, 2.45) is 0 Å². The Labute approximate surface area is 126 Å². The molecule has 21 heavy (non-hydrogen) atoms. The first-order valence-corrected chi connectivity index (χ1v) is 7.24. The quantitative estimate of drug-likeness (QED) is 0.464. The van der Waals surface area contributed by atoms with Gasteiger partial charge in [-0.1, -0.05) is 13.3 Å². The highest BCUT2D eigenvalue weighted by Gasteiger charge is 2.04. The topological polar surface area (TPSA) is 54.0 Å². The van der Waals surface area contributed by atoms with Gasteiger partial charge in [-0.15, -0.1) is 0 Å². The SMILES string of the molecule is CCCCOCCOCCOc1ccc(C(=O)OC)cc1. The lowest BCUT2D eigenvalue weighted by Gasteiger charge is -2.08. The molecule has 0 aromatic heterocycles. The Balaban J connectivity index is 2.06. The average Bonchev–Trinajstić information content (AvgIpc) is 2.53. The predicted molar refractivity (Wildman–Crippen MR) is 79.8 cm³/mol. The molecule has 0 aliphatic carbocycles. The van der Waals surface area contributed by atoms with Crippen molar-refractivity contribution >= 4 is 5.97 Å². The first kappa shape index (κ1) is 17.5. The van der Waals surface area contributed by atoms with E-state index in [4.69, 9.17) is 14.2 Å². The standard InChI is InChI=1S/C16H24O5/c1-3-4-9-19-10-11-20-12-13-21-15-7-5-14(6-8-15)16(17)18-2/h5-8H,3-4,9-13H2,1-2H3. The molecule has 0 atom stereocenters. The monoisotopic (exact) mass is 296 g/mol. The Hall–Kier alpha value is -1.59. The molecule has 0 aliphatic heterocycles. The zero-order chi connectivity index (χ0) is 15.3. The minimum atomic E-state index is -0.354. The van der Waals surface area contributed by atoms with Gasteiger partial charge in [-0.25, -0.2) is 4.79 Å². The smallest absolute Gasteiger partial charge is 0.337 e. The second kappa shape index (κ2) is 11.1. The van der Waals surface area contributed by atoms with E-state index in [9.17, 15) is 4.79 Å². The Bertz CT molecular complexity index is 388. The molecule has 0 spiro atoms. The van der Waals surface area contributed by atoms with Crippen molar-refractivity contribution in [3.05, 3.63) is 29.8 Å². The molecular formula is C16H24O5. The van der Waals surface area contributed by atoms with Crippen LogP contribution in [0.25, 0.3) is 0 Å². The Kier molecular flexibility index (Phi) is 9.24. The van der Waals surface area contributed by atoms with Gasteiger partial charge in [-0.05, 0) is 30.7 Å². The van der Waals surface area contributed by atoms with Crippen molar-refractivity contribution in [2.75, 3.05) is 40.1 Å². The average molecular weight is 296 g/mol. The van der Waals surface area contributed by atoms with Gasteiger partial charge in [-0.2, -0.15) is 0 Å². The van der Waals surface area contributed by atoms with Gasteiger partial charge in [0.1, 0.15) is 12.4 Å². The van der Waals surface area contributed by atoms with Crippen LogP contribution < -0.4 is 4.74 Å². The van der Waals surface area contributed by atoms with E-state index in [-0.39, 0.29) is 5.97 Å². The lowest BCUT2D eigenvalue weighted by molar-refractivity contribution is 0.0356. The van der Waals surface area contributed by atoms with Crippen LogP contribution in [0.4, 0.5) is 0 Å². The van der Waals surface area contributed by atoms with Crippen molar-refractivity contribution in [3.8, 4) is 5.75 Å². The first-order valence-electron chi connectivity index (χ1n) is 7.24. The Morgan fingerprint density at radius 3 is 2.19 bits per heavy atom. The fraction of sp³-hybridized carbons (Fsp3) is 0.562. The molecule has 0 saturated carbocycles. The second-order valence-corrected chi connectivity index (χ2v) is 4.44. The molecule has 0 fully saturated rings. The third-order valence-electron chi connectivity index (χ3n) is 2.79. The molecule has 1 aromatic carbocycles. The molecule has 0 unspecified atom stereocenters. The Morgan fingerprint density at radius 1 is 0.952 bits per heavy atom. The number of hydrogen-bond acceptors (Lipinski definition) is 5. The number of unbranched alkanes of at least 4 members (excludes halogenated alkanes) is 1. The molecule has 0 saturated heterocycles. The number of hydrogen-bond donors (Lipinski definition) is 0. The highest BCUT2D eigenvalue weighted by atomic mass is 16.5. The van der Waals surface area contributed by atoms with Crippen LogP contribution in [-0.4, -0.2) is 46.1 Å². The Morgan fingerprint density at radius 2 is 1.57 bits per heavy atom. The molecule has 1 rings (SSSR count). The van der Waals surface area contributed by atoms with E-state index in [0.29, 0.717) is 37.7 Å². The normalized spacial score (nSPS) is 10.4. The summed E-state index contributed by atoms with van der Waals surface area (Å²) in [5.41, 5.74) is 0.505. The highest BCUT2D eigenvalue weighted by molar-refractivity contribution is 5.89. The molecule has 1 aromatic rings. The molecule has 0 amide bonds. The number of esters is 1. The zero-order valence-corrected chi connectivity index (χ0v) is 12.8. The van der Waals surface area contributed by atoms with Crippen LogP contribution in [0.2, 0.25) is 0 Å². The highest BCUT2D eigenvalue weighted by Crippen LogP contribution is 2.12. The fourth-order valence-corrected chi connectivity index (χ4v) is 1.59. The van der Waals surface area contributed by atoms with Crippen molar-refractivity contribution in [1.82, 2.24) is 0 Å². The summed E-state index contributed by atoms with van der Waals surface area (Å²) in [6.07, 6.45) is 2.23. The summed E-state index contributed by atoms with van der Waals surface area (Å²) in [4.78, 5) is 11.3. The van der Waals surface area contributed by atoms with E-state index < -0.39 is 0 Å². The molecule has 0 heterocycles. The van der Waals surface area contributed by atoms with Gasteiger partial charge in [0.15, 0.2) is 0 Å². The van der Waals surface area contributed by atoms with E-state index in [1.807, 2.05) is 0 Å². The van der Waals surface area contributed by atoms with E-state index >= 15 is 0 Å². The number of ether oxygens (including phenoxy) is 4. The number of carbonyl (C=O) groups is 1. The minimum Gasteiger partial charge on any atom is -0.491 e.